The van der Waals surface area contributed by atoms with E-state index >= 15 is 0 Å². The van der Waals surface area contributed by atoms with Gasteiger partial charge in [0.05, 0.1) is 0 Å². The van der Waals surface area contributed by atoms with Crippen molar-refractivity contribution in [1.29, 1.82) is 0 Å². The van der Waals surface area contributed by atoms with E-state index in [0.717, 1.165) is 12.8 Å². The Morgan fingerprint density at radius 1 is 1.00 bits per heavy atom. The molecule has 0 atom stereocenters. The van der Waals surface area contributed by atoms with Gasteiger partial charge in [-0.1, -0.05) is 0 Å². The molecule has 0 spiro atoms. The van der Waals surface area contributed by atoms with Gasteiger partial charge in [-0.3, -0.25) is 0 Å². The first kappa shape index (κ1) is 15.9. The van der Waals surface area contributed by atoms with Crippen molar-refractivity contribution < 1.29 is 33.3 Å². The summed E-state index contributed by atoms with van der Waals surface area (Å²) >= 11 is -4.14. The van der Waals surface area contributed by atoms with Crippen molar-refractivity contribution in [3.63, 3.8) is 0 Å². The molecule has 6 heteroatoms. The van der Waals surface area contributed by atoms with E-state index in [0.29, 0.717) is 13.2 Å². The van der Waals surface area contributed by atoms with Crippen LogP contribution < -0.4 is 0 Å². The molecule has 15 heavy (non-hydrogen) atoms. The third kappa shape index (κ3) is 8.72. The summed E-state index contributed by atoms with van der Waals surface area (Å²) in [5, 5.41) is 0. The monoisotopic (exact) mass is 314 g/mol. The van der Waals surface area contributed by atoms with Crippen molar-refractivity contribution in [3.8, 4) is 0 Å². The van der Waals surface area contributed by atoms with Crippen LogP contribution in [0, 0.1) is 0 Å². The van der Waals surface area contributed by atoms with E-state index in [4.69, 9.17) is 8.13 Å². The van der Waals surface area contributed by atoms with Crippen LogP contribution in [0.15, 0.2) is 0 Å². The summed E-state index contributed by atoms with van der Waals surface area (Å²) in [7, 11) is -1.80. The van der Waals surface area contributed by atoms with Gasteiger partial charge in [-0.15, -0.1) is 0 Å². The molecule has 0 rings (SSSR count). The maximum atomic E-state index is 10.2. The van der Waals surface area contributed by atoms with E-state index in [1.807, 2.05) is 33.5 Å². The molecule has 0 amide bonds. The molecule has 0 aromatic heterocycles. The Morgan fingerprint density at radius 2 is 1.40 bits per heavy atom. The van der Waals surface area contributed by atoms with Gasteiger partial charge in [-0.25, -0.2) is 0 Å². The molecule has 0 fully saturated rings. The van der Waals surface area contributed by atoms with Crippen LogP contribution in [0.2, 0.25) is 19.6 Å². The minimum absolute atomic E-state index is 0.515. The second-order valence-electron chi connectivity index (χ2n) is 4.44. The Bertz CT molecular complexity index is 164. The average Bonchev–Trinajstić information content (AvgIpc) is 2.09. The van der Waals surface area contributed by atoms with Gasteiger partial charge >= 0.3 is 101 Å². The standard InChI is InChI=1S/C3H9OSi.2C3H7O.H2O.Zr/c1-5(2,3)4;2*1-2-3-4;;/h1-3H3;2*2-3H2,1H3;1H2;/q3*-1;;+4/p-1. The molecule has 92 valence electrons. The second-order valence-corrected chi connectivity index (χ2v) is 14.4. The van der Waals surface area contributed by atoms with Crippen LogP contribution in [0.5, 0.6) is 0 Å². The van der Waals surface area contributed by atoms with E-state index < -0.39 is 30.3 Å². The van der Waals surface area contributed by atoms with Crippen LogP contribution in [0.4, 0.5) is 0 Å². The Labute approximate surface area is 101 Å². The Kier molecular flexibility index (Phi) is 7.76. The van der Waals surface area contributed by atoms with Crippen molar-refractivity contribution in [1.82, 2.24) is 0 Å². The van der Waals surface area contributed by atoms with Crippen LogP contribution in [-0.2, 0) is 30.2 Å². The molecule has 0 radical (unpaired) electrons. The van der Waals surface area contributed by atoms with Crippen LogP contribution in [0.3, 0.4) is 0 Å². The zero-order valence-corrected chi connectivity index (χ0v) is 14.0. The number of hydrogen-bond acceptors (Lipinski definition) is 4. The quantitative estimate of drug-likeness (QED) is 0.699. The van der Waals surface area contributed by atoms with Gasteiger partial charge in [0, 0.05) is 0 Å². The van der Waals surface area contributed by atoms with Gasteiger partial charge in [-0.05, 0) is 0 Å². The van der Waals surface area contributed by atoms with Gasteiger partial charge in [0.1, 0.15) is 0 Å². The summed E-state index contributed by atoms with van der Waals surface area (Å²) in [4.78, 5) is 0. The first-order valence-electron chi connectivity index (χ1n) is 5.53. The van der Waals surface area contributed by atoms with Crippen LogP contribution in [-0.4, -0.2) is 24.7 Å². The summed E-state index contributed by atoms with van der Waals surface area (Å²) in [5.41, 5.74) is 0. The summed E-state index contributed by atoms with van der Waals surface area (Å²) in [6.07, 6.45) is 1.73. The topological polar surface area (TPSA) is 47.9 Å². The normalized spacial score (nSPS) is 13.2. The summed E-state index contributed by atoms with van der Waals surface area (Å²) in [6, 6.07) is 0. The molecule has 4 nitrogen and oxygen atoms in total. The Morgan fingerprint density at radius 3 is 1.67 bits per heavy atom. The van der Waals surface area contributed by atoms with E-state index in [1.165, 1.54) is 0 Å². The van der Waals surface area contributed by atoms with Crippen LogP contribution in [0.1, 0.15) is 26.7 Å². The fraction of sp³-hybridized carbons (Fsp3) is 1.00. The van der Waals surface area contributed by atoms with E-state index in [1.54, 1.807) is 0 Å². The molecule has 0 unspecified atom stereocenters. The van der Waals surface area contributed by atoms with Gasteiger partial charge in [0.2, 0.25) is 0 Å². The summed E-state index contributed by atoms with van der Waals surface area (Å²) < 4.78 is 26.7. The molecule has 0 aliphatic carbocycles. The van der Waals surface area contributed by atoms with Crippen molar-refractivity contribution in [3.05, 3.63) is 0 Å². The maximum absolute atomic E-state index is 10.2. The van der Waals surface area contributed by atoms with E-state index in [-0.39, 0.29) is 0 Å². The molecule has 1 N–H and O–H groups in total. The predicted octanol–water partition coefficient (Wildman–Crippen LogP) is 2.50. The second kappa shape index (κ2) is 7.30. The van der Waals surface area contributed by atoms with Crippen molar-refractivity contribution in [2.75, 3.05) is 13.2 Å². The van der Waals surface area contributed by atoms with Crippen LogP contribution >= 0.6 is 0 Å². The Balaban J connectivity index is 4.26. The Hall–Kier alpha value is 0.940. The van der Waals surface area contributed by atoms with Crippen molar-refractivity contribution in [2.24, 2.45) is 0 Å². The number of rotatable bonds is 8. The molecule has 0 aliphatic heterocycles. The molecule has 0 aromatic rings. The van der Waals surface area contributed by atoms with Crippen molar-refractivity contribution >= 4 is 8.32 Å². The fourth-order valence-corrected chi connectivity index (χ4v) is 10.9. The first-order valence-corrected chi connectivity index (χ1v) is 13.0. The molecule has 0 saturated heterocycles. The predicted molar refractivity (Wildman–Crippen MR) is 59.1 cm³/mol. The van der Waals surface area contributed by atoms with Gasteiger partial charge in [-0.2, -0.15) is 0 Å². The molecule has 0 heterocycles. The SMILES string of the molecule is CCC[O][Zr]([OH])([O]CCC)[O][Si](C)(C)C. The third-order valence-electron chi connectivity index (χ3n) is 1.41. The van der Waals surface area contributed by atoms with Gasteiger partial charge < -0.3 is 0 Å². The molecule has 0 bridgehead atoms. The molecule has 0 aliphatic rings. The fourth-order valence-electron chi connectivity index (χ4n) is 0.950. The minimum atomic E-state index is -4.14. The zero-order valence-electron chi connectivity index (χ0n) is 10.5. The van der Waals surface area contributed by atoms with E-state index in [2.05, 4.69) is 0 Å². The molecule has 0 aromatic carbocycles. The molecular weight excluding hydrogens is 291 g/mol. The van der Waals surface area contributed by atoms with Gasteiger partial charge in [0.25, 0.3) is 0 Å². The third-order valence-corrected chi connectivity index (χ3v) is 11.5. The van der Waals surface area contributed by atoms with Crippen molar-refractivity contribution in [2.45, 2.75) is 46.3 Å². The molecular formula is C9H24O4SiZr. The summed E-state index contributed by atoms with van der Waals surface area (Å²) in [5.74, 6) is 0. The average molecular weight is 316 g/mol. The first-order chi connectivity index (χ1) is 6.83. The van der Waals surface area contributed by atoms with Gasteiger partial charge in [0.15, 0.2) is 0 Å². The van der Waals surface area contributed by atoms with E-state index in [9.17, 15) is 3.18 Å². The van der Waals surface area contributed by atoms with Crippen LogP contribution in [0.25, 0.3) is 0 Å². The summed E-state index contributed by atoms with van der Waals surface area (Å²) in [6.45, 7) is 11.1. The molecule has 0 saturated carbocycles. The zero-order chi connectivity index (χ0) is 11.9. The number of hydrogen-bond donors (Lipinski definition) is 1.